The fraction of sp³-hybridized carbons (Fsp3) is 0.333. The number of halogens is 2. The van der Waals surface area contributed by atoms with Gasteiger partial charge in [-0.1, -0.05) is 30.1 Å². The number of nitrogens with zero attached hydrogens (tertiary/aromatic N) is 2. The third kappa shape index (κ3) is 2.68. The molecule has 110 valence electrons. The predicted octanol–water partition coefficient (Wildman–Crippen LogP) is 4.60. The molecule has 0 aliphatic carbocycles. The first-order valence-electron chi connectivity index (χ1n) is 6.81. The van der Waals surface area contributed by atoms with Crippen molar-refractivity contribution in [1.29, 1.82) is 0 Å². The van der Waals surface area contributed by atoms with E-state index in [4.69, 9.17) is 23.2 Å². The summed E-state index contributed by atoms with van der Waals surface area (Å²) in [5, 5.41) is 2.71. The van der Waals surface area contributed by atoms with E-state index in [1.807, 2.05) is 4.90 Å². The fourth-order valence-electron chi connectivity index (χ4n) is 2.78. The molecule has 2 aromatic rings. The fourth-order valence-corrected chi connectivity index (χ4v) is 4.05. The van der Waals surface area contributed by atoms with Crippen LogP contribution in [-0.2, 0) is 6.42 Å². The van der Waals surface area contributed by atoms with Crippen molar-refractivity contribution in [2.24, 2.45) is 0 Å². The number of carbonyl (C=O) groups is 1. The molecule has 0 N–H and O–H groups in total. The minimum absolute atomic E-state index is 0.0874. The standard InChI is InChI=1S/C15H14Cl2N2OS/c1-2-11-9-6-8-21-12(9)5-7-19(11)15(20)14-10(16)3-4-13(17)18-14/h3-4,6,8,11H,2,5,7H2,1H3. The molecule has 0 saturated carbocycles. The van der Waals surface area contributed by atoms with Gasteiger partial charge < -0.3 is 4.90 Å². The van der Waals surface area contributed by atoms with E-state index in [0.717, 1.165) is 12.8 Å². The molecule has 0 spiro atoms. The van der Waals surface area contributed by atoms with E-state index in [-0.39, 0.29) is 22.8 Å². The number of thiophene rings is 1. The Kier molecular flexibility index (Phi) is 4.20. The predicted molar refractivity (Wildman–Crippen MR) is 86.3 cm³/mol. The van der Waals surface area contributed by atoms with Crippen molar-refractivity contribution in [1.82, 2.24) is 9.88 Å². The summed E-state index contributed by atoms with van der Waals surface area (Å²) in [4.78, 5) is 20.1. The van der Waals surface area contributed by atoms with Crippen molar-refractivity contribution >= 4 is 40.4 Å². The van der Waals surface area contributed by atoms with Crippen LogP contribution in [0.5, 0.6) is 0 Å². The summed E-state index contributed by atoms with van der Waals surface area (Å²) >= 11 is 13.8. The molecule has 3 nitrogen and oxygen atoms in total. The van der Waals surface area contributed by atoms with Crippen molar-refractivity contribution in [2.45, 2.75) is 25.8 Å². The Morgan fingerprint density at radius 2 is 2.24 bits per heavy atom. The van der Waals surface area contributed by atoms with Crippen LogP contribution in [0.1, 0.15) is 40.3 Å². The molecular formula is C15H14Cl2N2OS. The third-order valence-corrected chi connectivity index (χ3v) is 5.27. The Morgan fingerprint density at radius 3 is 3.00 bits per heavy atom. The average Bonchev–Trinajstić information content (AvgIpc) is 2.96. The molecule has 0 bridgehead atoms. The maximum atomic E-state index is 12.8. The van der Waals surface area contributed by atoms with Gasteiger partial charge in [0, 0.05) is 11.4 Å². The van der Waals surface area contributed by atoms with Gasteiger partial charge in [0.05, 0.1) is 11.1 Å². The average molecular weight is 341 g/mol. The normalized spacial score (nSPS) is 17.7. The Morgan fingerprint density at radius 1 is 1.43 bits per heavy atom. The minimum atomic E-state index is -0.147. The minimum Gasteiger partial charge on any atom is -0.330 e. The second-order valence-electron chi connectivity index (χ2n) is 4.94. The van der Waals surface area contributed by atoms with E-state index < -0.39 is 0 Å². The molecule has 21 heavy (non-hydrogen) atoms. The molecule has 1 unspecified atom stereocenters. The highest BCUT2D eigenvalue weighted by molar-refractivity contribution is 7.10. The van der Waals surface area contributed by atoms with Gasteiger partial charge in [-0.25, -0.2) is 4.98 Å². The van der Waals surface area contributed by atoms with Crippen LogP contribution >= 0.6 is 34.5 Å². The van der Waals surface area contributed by atoms with E-state index in [1.54, 1.807) is 23.5 Å². The van der Waals surface area contributed by atoms with Gasteiger partial charge in [-0.3, -0.25) is 4.79 Å². The summed E-state index contributed by atoms with van der Waals surface area (Å²) < 4.78 is 0. The van der Waals surface area contributed by atoms with Gasteiger partial charge in [-0.05, 0) is 42.0 Å². The van der Waals surface area contributed by atoms with Crippen molar-refractivity contribution < 1.29 is 4.79 Å². The quantitative estimate of drug-likeness (QED) is 0.748. The van der Waals surface area contributed by atoms with Crippen molar-refractivity contribution in [2.75, 3.05) is 6.54 Å². The largest absolute Gasteiger partial charge is 0.330 e. The SMILES string of the molecule is CCC1c2ccsc2CCN1C(=O)c1nc(Cl)ccc1Cl. The molecule has 1 aliphatic heterocycles. The molecule has 0 saturated heterocycles. The smallest absolute Gasteiger partial charge is 0.274 e. The van der Waals surface area contributed by atoms with Crippen molar-refractivity contribution in [3.05, 3.63) is 49.9 Å². The zero-order valence-corrected chi connectivity index (χ0v) is 13.8. The van der Waals surface area contributed by atoms with Gasteiger partial charge in [-0.2, -0.15) is 0 Å². The monoisotopic (exact) mass is 340 g/mol. The lowest BCUT2D eigenvalue weighted by molar-refractivity contribution is 0.0651. The van der Waals surface area contributed by atoms with Gasteiger partial charge in [-0.15, -0.1) is 11.3 Å². The molecule has 0 fully saturated rings. The summed E-state index contributed by atoms with van der Waals surface area (Å²) in [5.74, 6) is -0.147. The lowest BCUT2D eigenvalue weighted by atomic mass is 9.97. The van der Waals surface area contributed by atoms with Crippen LogP contribution in [0.3, 0.4) is 0 Å². The number of hydrogen-bond acceptors (Lipinski definition) is 3. The molecular weight excluding hydrogens is 327 g/mol. The molecule has 1 amide bonds. The molecule has 2 aromatic heterocycles. The van der Waals surface area contributed by atoms with Gasteiger partial charge in [0.25, 0.3) is 5.91 Å². The third-order valence-electron chi connectivity index (χ3n) is 3.76. The number of rotatable bonds is 2. The van der Waals surface area contributed by atoms with E-state index in [2.05, 4.69) is 23.4 Å². The summed E-state index contributed by atoms with van der Waals surface area (Å²) in [6, 6.07) is 5.40. The summed E-state index contributed by atoms with van der Waals surface area (Å²) in [6.07, 6.45) is 1.75. The van der Waals surface area contributed by atoms with E-state index in [0.29, 0.717) is 11.6 Å². The second kappa shape index (κ2) is 5.95. The molecule has 1 aliphatic rings. The van der Waals surface area contributed by atoms with Crippen LogP contribution in [-0.4, -0.2) is 22.3 Å². The van der Waals surface area contributed by atoms with Gasteiger partial charge in [0.2, 0.25) is 0 Å². The van der Waals surface area contributed by atoms with Crippen molar-refractivity contribution in [3.63, 3.8) is 0 Å². The molecule has 1 atom stereocenters. The number of fused-ring (bicyclic) bond motifs is 1. The van der Waals surface area contributed by atoms with E-state index in [1.165, 1.54) is 10.4 Å². The van der Waals surface area contributed by atoms with Crippen LogP contribution in [0, 0.1) is 0 Å². The van der Waals surface area contributed by atoms with E-state index in [9.17, 15) is 4.79 Å². The Balaban J connectivity index is 1.96. The van der Waals surface area contributed by atoms with Crippen LogP contribution in [0.2, 0.25) is 10.2 Å². The lowest BCUT2D eigenvalue weighted by Crippen LogP contribution is -2.39. The first kappa shape index (κ1) is 14.8. The molecule has 6 heteroatoms. The number of amides is 1. The van der Waals surface area contributed by atoms with E-state index >= 15 is 0 Å². The van der Waals surface area contributed by atoms with Crippen LogP contribution in [0.4, 0.5) is 0 Å². The zero-order chi connectivity index (χ0) is 15.0. The highest BCUT2D eigenvalue weighted by Gasteiger charge is 2.32. The Hall–Kier alpha value is -1.10. The molecule has 3 rings (SSSR count). The lowest BCUT2D eigenvalue weighted by Gasteiger charge is -2.35. The van der Waals surface area contributed by atoms with Gasteiger partial charge in [0.15, 0.2) is 0 Å². The summed E-state index contributed by atoms with van der Waals surface area (Å²) in [7, 11) is 0. The first-order valence-corrected chi connectivity index (χ1v) is 8.44. The van der Waals surface area contributed by atoms with Crippen LogP contribution in [0.15, 0.2) is 23.6 Å². The number of hydrogen-bond donors (Lipinski definition) is 0. The number of carbonyl (C=O) groups excluding carboxylic acids is 1. The van der Waals surface area contributed by atoms with Gasteiger partial charge >= 0.3 is 0 Å². The van der Waals surface area contributed by atoms with Crippen molar-refractivity contribution in [3.8, 4) is 0 Å². The Labute approximate surface area is 137 Å². The molecule has 0 aromatic carbocycles. The van der Waals surface area contributed by atoms with Crippen LogP contribution in [0.25, 0.3) is 0 Å². The highest BCUT2D eigenvalue weighted by atomic mass is 35.5. The molecule has 0 radical (unpaired) electrons. The topological polar surface area (TPSA) is 33.2 Å². The Bertz CT molecular complexity index is 686. The van der Waals surface area contributed by atoms with Crippen LogP contribution < -0.4 is 0 Å². The number of pyridine rings is 1. The second-order valence-corrected chi connectivity index (χ2v) is 6.73. The first-order chi connectivity index (χ1) is 10.1. The zero-order valence-electron chi connectivity index (χ0n) is 11.5. The maximum absolute atomic E-state index is 12.8. The number of aromatic nitrogens is 1. The molecule has 3 heterocycles. The highest BCUT2D eigenvalue weighted by Crippen LogP contribution is 2.36. The summed E-state index contributed by atoms with van der Waals surface area (Å²) in [5.41, 5.74) is 1.49. The summed E-state index contributed by atoms with van der Waals surface area (Å²) in [6.45, 7) is 2.78. The maximum Gasteiger partial charge on any atom is 0.274 e. The van der Waals surface area contributed by atoms with Gasteiger partial charge in [0.1, 0.15) is 10.8 Å².